The largest absolute Gasteiger partial charge is 0.380 e. The summed E-state index contributed by atoms with van der Waals surface area (Å²) in [5.41, 5.74) is 2.62. The van der Waals surface area contributed by atoms with Crippen LogP contribution in [0.1, 0.15) is 40.9 Å². The first-order chi connectivity index (χ1) is 10.6. The standard InChI is InChI=1S/C18H20ClNO2/c1-3-17(14-7-5-9-16(19)11-14)20-18(21)15-8-4-6-13(10-15)12-22-2/h4-11,17H,3,12H2,1-2H3,(H,20,21). The Hall–Kier alpha value is -1.84. The van der Waals surface area contributed by atoms with Gasteiger partial charge in [-0.3, -0.25) is 4.79 Å². The minimum Gasteiger partial charge on any atom is -0.380 e. The van der Waals surface area contributed by atoms with Crippen LogP contribution in [-0.2, 0) is 11.3 Å². The highest BCUT2D eigenvalue weighted by molar-refractivity contribution is 6.30. The molecule has 22 heavy (non-hydrogen) atoms. The Labute approximate surface area is 136 Å². The van der Waals surface area contributed by atoms with Crippen molar-refractivity contribution in [1.29, 1.82) is 0 Å². The van der Waals surface area contributed by atoms with Gasteiger partial charge in [0.15, 0.2) is 0 Å². The molecule has 0 aliphatic rings. The molecule has 2 rings (SSSR count). The molecule has 4 heteroatoms. The molecule has 0 aliphatic heterocycles. The van der Waals surface area contributed by atoms with Crippen LogP contribution in [0.15, 0.2) is 48.5 Å². The number of amides is 1. The molecule has 0 heterocycles. The van der Waals surface area contributed by atoms with Crippen molar-refractivity contribution in [2.75, 3.05) is 7.11 Å². The van der Waals surface area contributed by atoms with E-state index < -0.39 is 0 Å². The highest BCUT2D eigenvalue weighted by Crippen LogP contribution is 2.21. The smallest absolute Gasteiger partial charge is 0.251 e. The van der Waals surface area contributed by atoms with E-state index in [2.05, 4.69) is 5.32 Å². The van der Waals surface area contributed by atoms with Gasteiger partial charge in [0.05, 0.1) is 12.6 Å². The van der Waals surface area contributed by atoms with Crippen LogP contribution in [0.25, 0.3) is 0 Å². The lowest BCUT2D eigenvalue weighted by Crippen LogP contribution is -2.28. The van der Waals surface area contributed by atoms with Crippen LogP contribution in [0.5, 0.6) is 0 Å². The fraction of sp³-hybridized carbons (Fsp3) is 0.278. The van der Waals surface area contributed by atoms with Crippen LogP contribution < -0.4 is 5.32 Å². The van der Waals surface area contributed by atoms with Gasteiger partial charge in [-0.1, -0.05) is 42.8 Å². The zero-order chi connectivity index (χ0) is 15.9. The van der Waals surface area contributed by atoms with Crippen LogP contribution in [0.2, 0.25) is 5.02 Å². The average Bonchev–Trinajstić information content (AvgIpc) is 2.53. The van der Waals surface area contributed by atoms with Gasteiger partial charge in [-0.2, -0.15) is 0 Å². The van der Waals surface area contributed by atoms with Gasteiger partial charge < -0.3 is 10.1 Å². The Balaban J connectivity index is 2.14. The van der Waals surface area contributed by atoms with E-state index in [1.54, 1.807) is 13.2 Å². The van der Waals surface area contributed by atoms with Crippen LogP contribution in [0, 0.1) is 0 Å². The minimum absolute atomic E-state index is 0.0581. The summed E-state index contributed by atoms with van der Waals surface area (Å²) in [5, 5.41) is 3.73. The maximum Gasteiger partial charge on any atom is 0.251 e. The SMILES string of the molecule is CCC(NC(=O)c1cccc(COC)c1)c1cccc(Cl)c1. The summed E-state index contributed by atoms with van der Waals surface area (Å²) >= 11 is 6.03. The summed E-state index contributed by atoms with van der Waals surface area (Å²) in [6, 6.07) is 15.0. The van der Waals surface area contributed by atoms with E-state index in [1.807, 2.05) is 49.4 Å². The van der Waals surface area contributed by atoms with Gasteiger partial charge in [0.1, 0.15) is 0 Å². The molecule has 1 atom stereocenters. The zero-order valence-electron chi connectivity index (χ0n) is 12.8. The summed E-state index contributed by atoms with van der Waals surface area (Å²) in [5.74, 6) is -0.0928. The predicted octanol–water partition coefficient (Wildman–Crippen LogP) is 4.37. The highest BCUT2D eigenvalue weighted by Gasteiger charge is 2.14. The molecule has 1 N–H and O–H groups in total. The number of carbonyl (C=O) groups is 1. The number of methoxy groups -OCH3 is 1. The number of hydrogen-bond donors (Lipinski definition) is 1. The summed E-state index contributed by atoms with van der Waals surface area (Å²) in [4.78, 5) is 12.4. The molecule has 0 fully saturated rings. The summed E-state index contributed by atoms with van der Waals surface area (Å²) < 4.78 is 5.10. The lowest BCUT2D eigenvalue weighted by molar-refractivity contribution is 0.0935. The topological polar surface area (TPSA) is 38.3 Å². The van der Waals surface area contributed by atoms with Crippen LogP contribution in [0.3, 0.4) is 0 Å². The molecule has 2 aromatic carbocycles. The van der Waals surface area contributed by atoms with E-state index in [9.17, 15) is 4.79 Å². The lowest BCUT2D eigenvalue weighted by Gasteiger charge is -2.18. The number of halogens is 1. The maximum absolute atomic E-state index is 12.4. The van der Waals surface area contributed by atoms with Crippen LogP contribution in [0.4, 0.5) is 0 Å². The molecule has 0 aliphatic carbocycles. The third kappa shape index (κ3) is 4.33. The first kappa shape index (κ1) is 16.5. The number of carbonyl (C=O) groups excluding carboxylic acids is 1. The molecular weight excluding hydrogens is 298 g/mol. The second-order valence-electron chi connectivity index (χ2n) is 5.12. The van der Waals surface area contributed by atoms with E-state index >= 15 is 0 Å². The minimum atomic E-state index is -0.0928. The highest BCUT2D eigenvalue weighted by atomic mass is 35.5. The molecule has 0 saturated heterocycles. The Kier molecular flexibility index (Phi) is 5.99. The molecule has 0 radical (unpaired) electrons. The van der Waals surface area contributed by atoms with Crippen molar-refractivity contribution in [2.24, 2.45) is 0 Å². The van der Waals surface area contributed by atoms with Gasteiger partial charge >= 0.3 is 0 Å². The number of ether oxygens (including phenoxy) is 1. The molecular formula is C18H20ClNO2. The van der Waals surface area contributed by atoms with E-state index in [0.29, 0.717) is 17.2 Å². The maximum atomic E-state index is 12.4. The predicted molar refractivity (Wildman–Crippen MR) is 89.1 cm³/mol. The van der Waals surface area contributed by atoms with Gasteiger partial charge in [-0.05, 0) is 41.8 Å². The van der Waals surface area contributed by atoms with Crippen LogP contribution >= 0.6 is 11.6 Å². The Morgan fingerprint density at radius 2 is 2.00 bits per heavy atom. The molecule has 0 spiro atoms. The van der Waals surface area contributed by atoms with Crippen molar-refractivity contribution in [3.05, 3.63) is 70.2 Å². The number of nitrogens with one attached hydrogen (secondary N) is 1. The van der Waals surface area contributed by atoms with Gasteiger partial charge in [0, 0.05) is 17.7 Å². The molecule has 2 aromatic rings. The van der Waals surface area contributed by atoms with Crippen molar-refractivity contribution >= 4 is 17.5 Å². The van der Waals surface area contributed by atoms with Gasteiger partial charge in [-0.15, -0.1) is 0 Å². The van der Waals surface area contributed by atoms with Crippen LogP contribution in [-0.4, -0.2) is 13.0 Å². The molecule has 1 unspecified atom stereocenters. The van der Waals surface area contributed by atoms with Crippen molar-refractivity contribution in [2.45, 2.75) is 26.0 Å². The van der Waals surface area contributed by atoms with Crippen molar-refractivity contribution in [3.8, 4) is 0 Å². The van der Waals surface area contributed by atoms with E-state index in [4.69, 9.17) is 16.3 Å². The number of hydrogen-bond acceptors (Lipinski definition) is 2. The first-order valence-corrected chi connectivity index (χ1v) is 7.66. The second kappa shape index (κ2) is 7.97. The zero-order valence-corrected chi connectivity index (χ0v) is 13.6. The third-order valence-electron chi connectivity index (χ3n) is 3.46. The Morgan fingerprint density at radius 1 is 1.23 bits per heavy atom. The fourth-order valence-corrected chi connectivity index (χ4v) is 2.55. The lowest BCUT2D eigenvalue weighted by atomic mass is 10.0. The van der Waals surface area contributed by atoms with Gasteiger partial charge in [0.25, 0.3) is 5.91 Å². The molecule has 0 saturated carbocycles. The quantitative estimate of drug-likeness (QED) is 0.859. The summed E-state index contributed by atoms with van der Waals surface area (Å²) in [6.45, 7) is 2.53. The normalized spacial score (nSPS) is 12.0. The third-order valence-corrected chi connectivity index (χ3v) is 3.70. The van der Waals surface area contributed by atoms with Crippen molar-refractivity contribution in [3.63, 3.8) is 0 Å². The monoisotopic (exact) mass is 317 g/mol. The second-order valence-corrected chi connectivity index (χ2v) is 5.56. The first-order valence-electron chi connectivity index (χ1n) is 7.28. The number of rotatable bonds is 6. The van der Waals surface area contributed by atoms with Gasteiger partial charge in [0.2, 0.25) is 0 Å². The van der Waals surface area contributed by atoms with Crippen molar-refractivity contribution in [1.82, 2.24) is 5.32 Å². The molecule has 0 aromatic heterocycles. The van der Waals surface area contributed by atoms with E-state index in [-0.39, 0.29) is 11.9 Å². The van der Waals surface area contributed by atoms with E-state index in [0.717, 1.165) is 17.5 Å². The molecule has 0 bridgehead atoms. The van der Waals surface area contributed by atoms with Gasteiger partial charge in [-0.25, -0.2) is 0 Å². The Morgan fingerprint density at radius 3 is 2.68 bits per heavy atom. The summed E-state index contributed by atoms with van der Waals surface area (Å²) in [6.07, 6.45) is 0.795. The molecule has 1 amide bonds. The fourth-order valence-electron chi connectivity index (χ4n) is 2.36. The summed E-state index contributed by atoms with van der Waals surface area (Å²) in [7, 11) is 1.64. The Bertz CT molecular complexity index is 642. The van der Waals surface area contributed by atoms with E-state index in [1.165, 1.54) is 0 Å². The van der Waals surface area contributed by atoms with Crippen molar-refractivity contribution < 1.29 is 9.53 Å². The molecule has 3 nitrogen and oxygen atoms in total. The average molecular weight is 318 g/mol. The number of benzene rings is 2. The molecule has 116 valence electrons.